The van der Waals surface area contributed by atoms with Crippen LogP contribution in [0.3, 0.4) is 0 Å². The van der Waals surface area contributed by atoms with Crippen LogP contribution in [0.2, 0.25) is 5.02 Å². The molecule has 1 heterocycles. The summed E-state index contributed by atoms with van der Waals surface area (Å²) in [6.45, 7) is 2.27. The van der Waals surface area contributed by atoms with E-state index in [1.165, 1.54) is 31.1 Å². The third kappa shape index (κ3) is 3.90. The van der Waals surface area contributed by atoms with Gasteiger partial charge in [-0.2, -0.15) is 0 Å². The highest BCUT2D eigenvalue weighted by Gasteiger charge is 2.41. The number of urea groups is 1. The number of carbonyl (C=O) groups excluding carboxylic acids is 4. The molecule has 1 atom stereocenters. The van der Waals surface area contributed by atoms with E-state index < -0.39 is 23.9 Å². The van der Waals surface area contributed by atoms with E-state index in [0.717, 1.165) is 4.90 Å². The van der Waals surface area contributed by atoms with Crippen LogP contribution < -0.4 is 10.6 Å². The molecular weight excluding hydrogens is 348 g/mol. The maximum atomic E-state index is 12.2. The van der Waals surface area contributed by atoms with Gasteiger partial charge in [0.25, 0.3) is 11.8 Å². The van der Waals surface area contributed by atoms with Crippen molar-refractivity contribution in [2.75, 3.05) is 26.0 Å². The Labute approximate surface area is 150 Å². The standard InChI is InChI=1S/C16H19ClN4O4/c1-4-18-14(23)10-6-5-9(7-11(10)17)19-13(22)8-12-15(24)21(3)16(25)20(12)2/h5-7,12H,4,8H2,1-3H3,(H,18,23)(H,19,22). The molecule has 1 aliphatic rings. The van der Waals surface area contributed by atoms with Crippen molar-refractivity contribution in [3.63, 3.8) is 0 Å². The van der Waals surface area contributed by atoms with Crippen LogP contribution >= 0.6 is 11.6 Å². The Morgan fingerprint density at radius 1 is 1.24 bits per heavy atom. The summed E-state index contributed by atoms with van der Waals surface area (Å²) in [4.78, 5) is 49.9. The highest BCUT2D eigenvalue weighted by atomic mass is 35.5. The van der Waals surface area contributed by atoms with Crippen LogP contribution in [0.5, 0.6) is 0 Å². The summed E-state index contributed by atoms with van der Waals surface area (Å²) in [6, 6.07) is 3.24. The lowest BCUT2D eigenvalue weighted by Gasteiger charge is -2.16. The van der Waals surface area contributed by atoms with E-state index >= 15 is 0 Å². The molecule has 0 saturated carbocycles. The van der Waals surface area contributed by atoms with Gasteiger partial charge >= 0.3 is 6.03 Å². The number of hydrogen-bond acceptors (Lipinski definition) is 4. The van der Waals surface area contributed by atoms with Crippen LogP contribution in [0.1, 0.15) is 23.7 Å². The van der Waals surface area contributed by atoms with Gasteiger partial charge < -0.3 is 15.5 Å². The van der Waals surface area contributed by atoms with E-state index in [1.807, 2.05) is 0 Å². The molecule has 2 rings (SSSR count). The van der Waals surface area contributed by atoms with Crippen molar-refractivity contribution in [1.29, 1.82) is 0 Å². The van der Waals surface area contributed by atoms with Crippen LogP contribution in [-0.4, -0.2) is 60.2 Å². The number of halogens is 1. The molecule has 1 aliphatic heterocycles. The van der Waals surface area contributed by atoms with Gasteiger partial charge in [0.2, 0.25) is 5.91 Å². The van der Waals surface area contributed by atoms with E-state index in [4.69, 9.17) is 11.6 Å². The molecule has 5 amide bonds. The van der Waals surface area contributed by atoms with Gasteiger partial charge in [-0.15, -0.1) is 0 Å². The van der Waals surface area contributed by atoms with Crippen LogP contribution in [-0.2, 0) is 9.59 Å². The van der Waals surface area contributed by atoms with E-state index in [1.54, 1.807) is 13.0 Å². The van der Waals surface area contributed by atoms with Crippen LogP contribution in [0.15, 0.2) is 18.2 Å². The first kappa shape index (κ1) is 18.7. The molecule has 0 aliphatic carbocycles. The van der Waals surface area contributed by atoms with Gasteiger partial charge in [-0.05, 0) is 25.1 Å². The Balaban J connectivity index is 2.04. The minimum atomic E-state index is -0.831. The summed E-state index contributed by atoms with van der Waals surface area (Å²) in [6.07, 6.45) is -0.166. The van der Waals surface area contributed by atoms with Gasteiger partial charge in [-0.1, -0.05) is 11.6 Å². The normalized spacial score (nSPS) is 17.0. The zero-order chi connectivity index (χ0) is 18.7. The Bertz CT molecular complexity index is 737. The van der Waals surface area contributed by atoms with E-state index in [9.17, 15) is 19.2 Å². The molecule has 0 aromatic heterocycles. The third-order valence-corrected chi connectivity index (χ3v) is 4.20. The number of likely N-dealkylation sites (N-methyl/N-ethyl adjacent to an activating group) is 2. The predicted molar refractivity (Wildman–Crippen MR) is 92.4 cm³/mol. The zero-order valence-electron chi connectivity index (χ0n) is 14.1. The maximum Gasteiger partial charge on any atom is 0.326 e. The fourth-order valence-corrected chi connectivity index (χ4v) is 2.76. The van der Waals surface area contributed by atoms with Crippen molar-refractivity contribution in [3.8, 4) is 0 Å². The van der Waals surface area contributed by atoms with Gasteiger partial charge in [-0.25, -0.2) is 4.79 Å². The second kappa shape index (κ2) is 7.52. The molecular formula is C16H19ClN4O4. The number of amides is 5. The fourth-order valence-electron chi connectivity index (χ4n) is 2.50. The second-order valence-electron chi connectivity index (χ2n) is 5.61. The number of hydrogen-bond donors (Lipinski definition) is 2. The highest BCUT2D eigenvalue weighted by molar-refractivity contribution is 6.34. The van der Waals surface area contributed by atoms with Crippen LogP contribution in [0.25, 0.3) is 0 Å². The number of benzene rings is 1. The van der Waals surface area contributed by atoms with Crippen molar-refractivity contribution >= 4 is 41.0 Å². The van der Waals surface area contributed by atoms with Gasteiger partial charge in [0.15, 0.2) is 0 Å². The SMILES string of the molecule is CCNC(=O)c1ccc(NC(=O)CC2C(=O)N(C)C(=O)N2C)cc1Cl. The number of carbonyl (C=O) groups is 4. The Hall–Kier alpha value is -2.61. The maximum absolute atomic E-state index is 12.2. The Morgan fingerprint density at radius 2 is 1.92 bits per heavy atom. The first-order valence-corrected chi connectivity index (χ1v) is 8.06. The first-order valence-electron chi connectivity index (χ1n) is 7.68. The summed E-state index contributed by atoms with van der Waals surface area (Å²) >= 11 is 6.07. The van der Waals surface area contributed by atoms with Gasteiger partial charge in [-0.3, -0.25) is 19.3 Å². The quantitative estimate of drug-likeness (QED) is 0.767. The minimum Gasteiger partial charge on any atom is -0.352 e. The van der Waals surface area contributed by atoms with Crippen molar-refractivity contribution < 1.29 is 19.2 Å². The van der Waals surface area contributed by atoms with Crippen LogP contribution in [0.4, 0.5) is 10.5 Å². The lowest BCUT2D eigenvalue weighted by molar-refractivity contribution is -0.129. The summed E-state index contributed by atoms with van der Waals surface area (Å²) in [5.74, 6) is -1.16. The molecule has 8 nitrogen and oxygen atoms in total. The van der Waals surface area contributed by atoms with E-state index in [0.29, 0.717) is 17.8 Å². The van der Waals surface area contributed by atoms with Crippen molar-refractivity contribution in [2.24, 2.45) is 0 Å². The molecule has 1 fully saturated rings. The summed E-state index contributed by atoms with van der Waals surface area (Å²) in [5.41, 5.74) is 0.704. The van der Waals surface area contributed by atoms with E-state index in [2.05, 4.69) is 10.6 Å². The van der Waals surface area contributed by atoms with Gasteiger partial charge in [0.05, 0.1) is 17.0 Å². The third-order valence-electron chi connectivity index (χ3n) is 3.89. The molecule has 0 bridgehead atoms. The molecule has 0 spiro atoms. The molecule has 1 aromatic rings. The predicted octanol–water partition coefficient (Wildman–Crippen LogP) is 1.31. The first-order chi connectivity index (χ1) is 11.8. The highest BCUT2D eigenvalue weighted by Crippen LogP contribution is 2.22. The van der Waals surface area contributed by atoms with Crippen molar-refractivity contribution in [3.05, 3.63) is 28.8 Å². The molecule has 2 N–H and O–H groups in total. The van der Waals surface area contributed by atoms with Gasteiger partial charge in [0, 0.05) is 26.3 Å². The van der Waals surface area contributed by atoms with Crippen LogP contribution in [0, 0.1) is 0 Å². The summed E-state index contributed by atoms with van der Waals surface area (Å²) in [5, 5.41) is 5.46. The van der Waals surface area contributed by atoms with Crippen molar-refractivity contribution in [1.82, 2.24) is 15.1 Å². The molecule has 25 heavy (non-hydrogen) atoms. The number of imide groups is 1. The van der Waals surface area contributed by atoms with Crippen molar-refractivity contribution in [2.45, 2.75) is 19.4 Å². The molecule has 0 radical (unpaired) electrons. The number of anilines is 1. The summed E-state index contributed by atoms with van der Waals surface area (Å²) in [7, 11) is 2.85. The molecule has 9 heteroatoms. The minimum absolute atomic E-state index is 0.166. The number of nitrogens with one attached hydrogen (secondary N) is 2. The molecule has 1 unspecified atom stereocenters. The fraction of sp³-hybridized carbons (Fsp3) is 0.375. The zero-order valence-corrected chi connectivity index (χ0v) is 14.9. The average molecular weight is 367 g/mol. The smallest absolute Gasteiger partial charge is 0.326 e. The monoisotopic (exact) mass is 366 g/mol. The number of nitrogens with zero attached hydrogens (tertiary/aromatic N) is 2. The average Bonchev–Trinajstić information content (AvgIpc) is 2.73. The van der Waals surface area contributed by atoms with E-state index in [-0.39, 0.29) is 17.4 Å². The lowest BCUT2D eigenvalue weighted by Crippen LogP contribution is -2.35. The molecule has 1 saturated heterocycles. The number of rotatable bonds is 5. The lowest BCUT2D eigenvalue weighted by atomic mass is 10.1. The summed E-state index contributed by atoms with van der Waals surface area (Å²) < 4.78 is 0. The largest absolute Gasteiger partial charge is 0.352 e. The topological polar surface area (TPSA) is 98.8 Å². The molecule has 134 valence electrons. The Morgan fingerprint density at radius 3 is 2.44 bits per heavy atom. The second-order valence-corrected chi connectivity index (χ2v) is 6.02. The Kier molecular flexibility index (Phi) is 5.63. The molecule has 1 aromatic carbocycles. The van der Waals surface area contributed by atoms with Gasteiger partial charge in [0.1, 0.15) is 6.04 Å².